The third-order valence-corrected chi connectivity index (χ3v) is 14.3. The van der Waals surface area contributed by atoms with Gasteiger partial charge < -0.3 is 55.9 Å². The first-order valence-electron chi connectivity index (χ1n) is 20.0. The van der Waals surface area contributed by atoms with Crippen molar-refractivity contribution in [1.29, 1.82) is 0 Å². The van der Waals surface area contributed by atoms with Gasteiger partial charge in [0.2, 0.25) is 11.8 Å². The quantitative estimate of drug-likeness (QED) is 0.0317. The number of aromatic nitrogens is 5. The molecule has 3 aromatic heterocycles. The topological polar surface area (TPSA) is 379 Å². The SMILES string of the molecule is CC(CC(=O)CCCc1c[nH]c2ccccc12)SCCNC(=O)CCNC(=O)C(O)C(C)(C)COP(=O)(O)OP(=O)(O)OC[C@H]1O[C@@H](n2cnc3c(N)ncnc32)[C@H](O)[C@@H]1OP(=O)(O)O. The van der Waals surface area contributed by atoms with Crippen LogP contribution in [0.4, 0.5) is 5.82 Å². The Balaban J connectivity index is 0.982. The second kappa shape index (κ2) is 22.4. The fourth-order valence-electron chi connectivity index (χ4n) is 6.69. The number of hydrogen-bond donors (Lipinski definition) is 10. The number of phosphoric acid groups is 3. The lowest BCUT2D eigenvalue weighted by Crippen LogP contribution is -2.46. The molecule has 4 heterocycles. The number of carbonyl (C=O) groups excluding carboxylic acids is 3. The Hall–Kier alpha value is -3.68. The number of anilines is 1. The summed E-state index contributed by atoms with van der Waals surface area (Å²) in [6.07, 6.45) is -2.46. The molecule has 0 radical (unpaired) electrons. The molecule has 29 heteroatoms. The van der Waals surface area contributed by atoms with Gasteiger partial charge in [-0.2, -0.15) is 16.1 Å². The average Bonchev–Trinajstić information content (AvgIpc) is 3.92. The molecular formula is C36H53N8O17P3S. The number of phosphoric ester groups is 3. The zero-order chi connectivity index (χ0) is 47.7. The number of amides is 2. The molecule has 0 saturated carbocycles. The van der Waals surface area contributed by atoms with Crippen LogP contribution >= 0.6 is 35.2 Å². The molecule has 4 unspecified atom stereocenters. The van der Waals surface area contributed by atoms with Crippen LogP contribution in [-0.4, -0.2) is 134 Å². The third kappa shape index (κ3) is 15.2. The number of aryl methyl sites for hydroxylation is 1. The van der Waals surface area contributed by atoms with E-state index >= 15 is 0 Å². The molecule has 65 heavy (non-hydrogen) atoms. The number of carbonyl (C=O) groups is 3. The number of fused-ring (bicyclic) bond motifs is 2. The highest BCUT2D eigenvalue weighted by molar-refractivity contribution is 7.99. The summed E-state index contributed by atoms with van der Waals surface area (Å²) < 4.78 is 62.4. The molecule has 1 aliphatic heterocycles. The molecule has 8 atom stereocenters. The van der Waals surface area contributed by atoms with E-state index in [2.05, 4.69) is 45.5 Å². The average molecular weight is 995 g/mol. The number of aliphatic hydroxyl groups is 2. The number of thioether (sulfide) groups is 1. The summed E-state index contributed by atoms with van der Waals surface area (Å²) in [5.74, 6) is -0.663. The number of aliphatic hydroxyl groups excluding tert-OH is 2. The minimum atomic E-state index is -5.58. The van der Waals surface area contributed by atoms with Crippen LogP contribution in [0.15, 0.2) is 43.1 Å². The number of aromatic amines is 1. The van der Waals surface area contributed by atoms with E-state index in [1.807, 2.05) is 31.3 Å². The number of rotatable bonds is 26. The minimum absolute atomic E-state index is 0.0313. The molecule has 11 N–H and O–H groups in total. The van der Waals surface area contributed by atoms with Crippen LogP contribution in [-0.2, 0) is 57.1 Å². The molecule has 0 bridgehead atoms. The number of para-hydroxylation sites is 1. The summed E-state index contributed by atoms with van der Waals surface area (Å²) in [4.78, 5) is 92.0. The van der Waals surface area contributed by atoms with Gasteiger partial charge in [-0.05, 0) is 24.5 Å². The number of benzene rings is 1. The van der Waals surface area contributed by atoms with Crippen molar-refractivity contribution in [3.63, 3.8) is 0 Å². The highest BCUT2D eigenvalue weighted by Crippen LogP contribution is 2.61. The Morgan fingerprint density at radius 1 is 1.03 bits per heavy atom. The van der Waals surface area contributed by atoms with E-state index < -0.39 is 78.6 Å². The summed E-state index contributed by atoms with van der Waals surface area (Å²) in [6.45, 7) is 2.61. The van der Waals surface area contributed by atoms with Crippen molar-refractivity contribution in [2.24, 2.45) is 5.41 Å². The number of nitrogens with two attached hydrogens (primary N) is 1. The molecule has 25 nitrogen and oxygen atoms in total. The largest absolute Gasteiger partial charge is 0.481 e. The Kier molecular flexibility index (Phi) is 18.0. The Bertz CT molecular complexity index is 2430. The number of nitrogens with zero attached hydrogens (tertiary/aromatic N) is 4. The van der Waals surface area contributed by atoms with Crippen molar-refractivity contribution < 1.29 is 80.5 Å². The Morgan fingerprint density at radius 2 is 1.75 bits per heavy atom. The van der Waals surface area contributed by atoms with Crippen molar-refractivity contribution in [2.75, 3.05) is 37.8 Å². The van der Waals surface area contributed by atoms with Crippen LogP contribution in [0.1, 0.15) is 58.2 Å². The molecule has 0 spiro atoms. The maximum absolute atomic E-state index is 12.7. The zero-order valence-electron chi connectivity index (χ0n) is 35.4. The van der Waals surface area contributed by atoms with E-state index in [4.69, 9.17) is 19.5 Å². The van der Waals surface area contributed by atoms with E-state index in [1.165, 1.54) is 19.4 Å². The highest BCUT2D eigenvalue weighted by Gasteiger charge is 2.50. The van der Waals surface area contributed by atoms with Crippen molar-refractivity contribution in [3.8, 4) is 0 Å². The Labute approximate surface area is 376 Å². The van der Waals surface area contributed by atoms with Gasteiger partial charge in [0.25, 0.3) is 0 Å². The van der Waals surface area contributed by atoms with E-state index in [9.17, 15) is 57.9 Å². The number of ketones is 1. The van der Waals surface area contributed by atoms with E-state index in [1.54, 1.807) is 11.8 Å². The highest BCUT2D eigenvalue weighted by atomic mass is 32.2. The lowest BCUT2D eigenvalue weighted by atomic mass is 9.87. The van der Waals surface area contributed by atoms with Gasteiger partial charge >= 0.3 is 23.5 Å². The second-order valence-corrected chi connectivity index (χ2v) is 21.5. The predicted octanol–water partition coefficient (Wildman–Crippen LogP) is 1.99. The van der Waals surface area contributed by atoms with Crippen molar-refractivity contribution >= 4 is 80.7 Å². The summed E-state index contributed by atoms with van der Waals surface area (Å²) in [6, 6.07) is 8.02. The van der Waals surface area contributed by atoms with Gasteiger partial charge in [-0.25, -0.2) is 28.6 Å². The van der Waals surface area contributed by atoms with Gasteiger partial charge in [0.05, 0.1) is 19.5 Å². The smallest absolute Gasteiger partial charge is 0.386 e. The first-order chi connectivity index (χ1) is 30.4. The van der Waals surface area contributed by atoms with Crippen LogP contribution < -0.4 is 16.4 Å². The fourth-order valence-corrected chi connectivity index (χ4v) is 10.4. The number of H-pyrrole nitrogens is 1. The zero-order valence-corrected chi connectivity index (χ0v) is 38.9. The number of hydrogen-bond acceptors (Lipinski definition) is 18. The second-order valence-electron chi connectivity index (χ2n) is 15.7. The number of nitrogen functional groups attached to an aromatic ring is 1. The molecule has 4 aromatic rings. The maximum Gasteiger partial charge on any atom is 0.481 e. The van der Waals surface area contributed by atoms with E-state index in [-0.39, 0.29) is 46.9 Å². The molecule has 1 aliphatic rings. The maximum atomic E-state index is 12.7. The molecule has 1 saturated heterocycles. The van der Waals surface area contributed by atoms with Crippen LogP contribution in [0.25, 0.3) is 22.1 Å². The van der Waals surface area contributed by atoms with Crippen molar-refractivity contribution in [1.82, 2.24) is 35.1 Å². The fraction of sp³-hybridized carbons (Fsp3) is 0.556. The molecule has 360 valence electrons. The monoisotopic (exact) mass is 994 g/mol. The molecule has 5 rings (SSSR count). The van der Waals surface area contributed by atoms with Gasteiger partial charge in [0.1, 0.15) is 42.0 Å². The molecule has 1 fully saturated rings. The number of imidazole rings is 1. The van der Waals surface area contributed by atoms with Crippen LogP contribution in [0, 0.1) is 5.41 Å². The van der Waals surface area contributed by atoms with E-state index in [0.29, 0.717) is 25.1 Å². The minimum Gasteiger partial charge on any atom is -0.386 e. The van der Waals surface area contributed by atoms with Gasteiger partial charge in [-0.1, -0.05) is 39.0 Å². The van der Waals surface area contributed by atoms with Crippen LogP contribution in [0.2, 0.25) is 0 Å². The summed E-state index contributed by atoms with van der Waals surface area (Å²) in [7, 11) is -16.4. The van der Waals surface area contributed by atoms with Gasteiger partial charge in [-0.3, -0.25) is 32.5 Å². The summed E-state index contributed by atoms with van der Waals surface area (Å²) in [5.41, 5.74) is 6.53. The van der Waals surface area contributed by atoms with Gasteiger partial charge in [0, 0.05) is 65.9 Å². The lowest BCUT2D eigenvalue weighted by molar-refractivity contribution is -0.137. The third-order valence-electron chi connectivity index (χ3n) is 10.00. The number of nitrogens with one attached hydrogen (secondary N) is 3. The van der Waals surface area contributed by atoms with Crippen LogP contribution in [0.3, 0.4) is 0 Å². The first-order valence-corrected chi connectivity index (χ1v) is 25.6. The standard InChI is InChI=1S/C36H53N8O17P3S/c1-21(15-23(45)8-6-7-22-16-40-25-10-5-4-9-24(22)25)65-14-13-38-27(46)11-12-39-34(49)31(48)36(2,3)18-58-64(55,56)61-63(53,54)57-17-26-30(60-62(50,51)52)29(47)35(59-26)44-20-43-28-32(37)41-19-42-33(28)44/h4-5,9-10,16,19-21,26,29-31,35,40,47-48H,6-8,11-15,17-18H2,1-3H3,(H,38,46)(H,39,49)(H,53,54)(H,55,56)(H2,37,41,42)(H2,50,51,52)/t21?,26-,29-,30-,31?,35-/m1/s1. The van der Waals surface area contributed by atoms with E-state index in [0.717, 1.165) is 41.0 Å². The summed E-state index contributed by atoms with van der Waals surface area (Å²) >= 11 is 1.54. The van der Waals surface area contributed by atoms with Gasteiger partial charge in [-0.15, -0.1) is 0 Å². The molecular weight excluding hydrogens is 941 g/mol. The molecule has 1 aromatic carbocycles. The van der Waals surface area contributed by atoms with Crippen molar-refractivity contribution in [2.45, 2.75) is 88.8 Å². The van der Waals surface area contributed by atoms with Gasteiger partial charge in [0.15, 0.2) is 17.7 Å². The lowest BCUT2D eigenvalue weighted by Gasteiger charge is -2.30. The normalized spacial score (nSPS) is 20.9. The predicted molar refractivity (Wildman–Crippen MR) is 232 cm³/mol. The summed E-state index contributed by atoms with van der Waals surface area (Å²) in [5, 5.41) is 27.9. The first kappa shape index (κ1) is 52.3. The molecule has 2 amide bonds. The van der Waals surface area contributed by atoms with Crippen molar-refractivity contribution in [3.05, 3.63) is 48.7 Å². The number of Topliss-reactive ketones (excluding diaryl/α,β-unsaturated/α-hetero) is 1. The molecule has 0 aliphatic carbocycles. The van der Waals surface area contributed by atoms with Crippen LogP contribution in [0.5, 0.6) is 0 Å². The Morgan fingerprint density at radius 3 is 2.49 bits per heavy atom. The number of ether oxygens (including phenoxy) is 1.